The molecule has 24 heavy (non-hydrogen) atoms. The van der Waals surface area contributed by atoms with Gasteiger partial charge in [0.25, 0.3) is 0 Å². The van der Waals surface area contributed by atoms with Crippen LogP contribution in [0.5, 0.6) is 0 Å². The first-order chi connectivity index (χ1) is 11.7. The highest BCUT2D eigenvalue weighted by molar-refractivity contribution is 8.13. The Labute approximate surface area is 144 Å². The molecule has 0 bridgehead atoms. The van der Waals surface area contributed by atoms with E-state index in [4.69, 9.17) is 5.73 Å². The highest BCUT2D eigenvalue weighted by atomic mass is 32.2. The standard InChI is InChI=1S/C19H16FN3S/c20-18-11-5-9-16-15(8-4-10-17(16)18)12-22-23-19(21)24-13-14-6-2-1-3-7-14/h1-12H,13H2,(H2,21,23). The van der Waals surface area contributed by atoms with Crippen LogP contribution >= 0.6 is 11.8 Å². The van der Waals surface area contributed by atoms with Gasteiger partial charge in [0.05, 0.1) is 6.21 Å². The molecule has 0 fully saturated rings. The van der Waals surface area contributed by atoms with Crippen molar-refractivity contribution >= 4 is 33.9 Å². The molecule has 0 saturated heterocycles. The molecular weight excluding hydrogens is 321 g/mol. The Kier molecular flexibility index (Phi) is 5.23. The maximum absolute atomic E-state index is 13.8. The maximum Gasteiger partial charge on any atom is 0.180 e. The highest BCUT2D eigenvalue weighted by Gasteiger charge is 2.02. The minimum Gasteiger partial charge on any atom is -0.377 e. The molecule has 0 aromatic heterocycles. The SMILES string of the molecule is NC(=NN=Cc1cccc2c(F)cccc12)SCc1ccccc1. The zero-order valence-corrected chi connectivity index (χ0v) is 13.7. The van der Waals surface area contributed by atoms with Crippen LogP contribution in [-0.2, 0) is 5.75 Å². The summed E-state index contributed by atoms with van der Waals surface area (Å²) in [5.74, 6) is 0.495. The molecule has 0 aliphatic rings. The van der Waals surface area contributed by atoms with Gasteiger partial charge < -0.3 is 5.73 Å². The zero-order chi connectivity index (χ0) is 16.8. The number of nitrogens with zero attached hydrogens (tertiary/aromatic N) is 2. The number of thioether (sulfide) groups is 1. The summed E-state index contributed by atoms with van der Waals surface area (Å²) in [7, 11) is 0. The van der Waals surface area contributed by atoms with E-state index < -0.39 is 0 Å². The first-order valence-corrected chi connectivity index (χ1v) is 8.43. The molecule has 120 valence electrons. The average Bonchev–Trinajstić information content (AvgIpc) is 2.62. The summed E-state index contributed by atoms with van der Waals surface area (Å²) in [5.41, 5.74) is 7.84. The Morgan fingerprint density at radius 3 is 2.54 bits per heavy atom. The van der Waals surface area contributed by atoms with E-state index in [2.05, 4.69) is 10.2 Å². The predicted octanol–water partition coefficient (Wildman–Crippen LogP) is 4.56. The van der Waals surface area contributed by atoms with Crippen molar-refractivity contribution in [3.63, 3.8) is 0 Å². The van der Waals surface area contributed by atoms with Gasteiger partial charge in [0.15, 0.2) is 5.17 Å². The fraction of sp³-hybridized carbons (Fsp3) is 0.0526. The van der Waals surface area contributed by atoms with Crippen molar-refractivity contribution in [2.75, 3.05) is 0 Å². The number of fused-ring (bicyclic) bond motifs is 1. The van der Waals surface area contributed by atoms with Gasteiger partial charge in [-0.05, 0) is 17.0 Å². The Morgan fingerprint density at radius 2 is 1.71 bits per heavy atom. The molecule has 0 unspecified atom stereocenters. The van der Waals surface area contributed by atoms with Crippen LogP contribution in [0.15, 0.2) is 76.9 Å². The molecule has 0 spiro atoms. The number of amidine groups is 1. The van der Waals surface area contributed by atoms with E-state index in [0.29, 0.717) is 10.6 Å². The quantitative estimate of drug-likeness (QED) is 0.431. The predicted molar refractivity (Wildman–Crippen MR) is 101 cm³/mol. The molecule has 3 nitrogen and oxygen atoms in total. The third-order valence-corrected chi connectivity index (χ3v) is 4.34. The third-order valence-electron chi connectivity index (χ3n) is 3.49. The molecule has 0 atom stereocenters. The lowest BCUT2D eigenvalue weighted by Gasteiger charge is -2.02. The average molecular weight is 337 g/mol. The van der Waals surface area contributed by atoms with Crippen molar-refractivity contribution in [3.8, 4) is 0 Å². The number of rotatable bonds is 4. The van der Waals surface area contributed by atoms with Crippen molar-refractivity contribution in [1.82, 2.24) is 0 Å². The van der Waals surface area contributed by atoms with E-state index in [1.54, 1.807) is 24.4 Å². The molecule has 2 N–H and O–H groups in total. The van der Waals surface area contributed by atoms with E-state index in [1.807, 2.05) is 42.5 Å². The molecule has 0 heterocycles. The lowest BCUT2D eigenvalue weighted by atomic mass is 10.1. The summed E-state index contributed by atoms with van der Waals surface area (Å²) in [6.45, 7) is 0. The largest absolute Gasteiger partial charge is 0.377 e. The van der Waals surface area contributed by atoms with Gasteiger partial charge >= 0.3 is 0 Å². The summed E-state index contributed by atoms with van der Waals surface area (Å²) < 4.78 is 13.8. The van der Waals surface area contributed by atoms with Crippen molar-refractivity contribution in [2.24, 2.45) is 15.9 Å². The second-order valence-electron chi connectivity index (χ2n) is 5.14. The van der Waals surface area contributed by atoms with Gasteiger partial charge in [-0.15, -0.1) is 5.10 Å². The summed E-state index contributed by atoms with van der Waals surface area (Å²) >= 11 is 1.42. The van der Waals surface area contributed by atoms with Crippen LogP contribution in [0.1, 0.15) is 11.1 Å². The normalized spacial score (nSPS) is 12.1. The second kappa shape index (κ2) is 7.75. The van der Waals surface area contributed by atoms with Crippen molar-refractivity contribution in [1.29, 1.82) is 0 Å². The fourth-order valence-electron chi connectivity index (χ4n) is 2.32. The topological polar surface area (TPSA) is 50.7 Å². The first-order valence-electron chi connectivity index (χ1n) is 7.44. The maximum atomic E-state index is 13.8. The number of benzene rings is 3. The van der Waals surface area contributed by atoms with Crippen LogP contribution in [0.2, 0.25) is 0 Å². The van der Waals surface area contributed by atoms with Crippen molar-refractivity contribution < 1.29 is 4.39 Å². The van der Waals surface area contributed by atoms with Crippen LogP contribution in [0.4, 0.5) is 4.39 Å². The molecule has 0 aliphatic heterocycles. The van der Waals surface area contributed by atoms with Gasteiger partial charge in [0.2, 0.25) is 0 Å². The minimum atomic E-state index is -0.246. The molecule has 0 radical (unpaired) electrons. The lowest BCUT2D eigenvalue weighted by Crippen LogP contribution is -2.06. The molecule has 0 aliphatic carbocycles. The van der Waals surface area contributed by atoms with Gasteiger partial charge in [-0.2, -0.15) is 5.10 Å². The van der Waals surface area contributed by atoms with Gasteiger partial charge in [-0.25, -0.2) is 4.39 Å². The molecule has 3 aromatic rings. The van der Waals surface area contributed by atoms with Gasteiger partial charge in [0.1, 0.15) is 5.82 Å². The molecule has 3 rings (SSSR count). The fourth-order valence-corrected chi connectivity index (χ4v) is 2.93. The van der Waals surface area contributed by atoms with E-state index >= 15 is 0 Å². The van der Waals surface area contributed by atoms with E-state index in [1.165, 1.54) is 23.4 Å². The number of hydrogen-bond acceptors (Lipinski definition) is 3. The number of halogens is 1. The zero-order valence-electron chi connectivity index (χ0n) is 12.9. The number of hydrogen-bond donors (Lipinski definition) is 1. The van der Waals surface area contributed by atoms with Gasteiger partial charge in [-0.3, -0.25) is 0 Å². The summed E-state index contributed by atoms with van der Waals surface area (Å²) in [4.78, 5) is 0. The highest BCUT2D eigenvalue weighted by Crippen LogP contribution is 2.20. The van der Waals surface area contributed by atoms with Crippen LogP contribution in [0, 0.1) is 5.82 Å². The molecule has 0 amide bonds. The van der Waals surface area contributed by atoms with Gasteiger partial charge in [-0.1, -0.05) is 72.4 Å². The Morgan fingerprint density at radius 1 is 0.958 bits per heavy atom. The summed E-state index contributed by atoms with van der Waals surface area (Å²) in [6, 6.07) is 20.4. The van der Waals surface area contributed by atoms with Crippen LogP contribution in [-0.4, -0.2) is 11.4 Å². The Bertz CT molecular complexity index is 892. The van der Waals surface area contributed by atoms with Crippen LogP contribution in [0.3, 0.4) is 0 Å². The third kappa shape index (κ3) is 4.00. The Balaban J connectivity index is 1.70. The number of nitrogens with two attached hydrogens (primary N) is 1. The molecule has 0 saturated carbocycles. The Hall–Kier alpha value is -2.66. The van der Waals surface area contributed by atoms with E-state index in [-0.39, 0.29) is 5.82 Å². The minimum absolute atomic E-state index is 0.246. The summed E-state index contributed by atoms with van der Waals surface area (Å²) in [5, 5.41) is 9.78. The second-order valence-corrected chi connectivity index (χ2v) is 6.13. The summed E-state index contributed by atoms with van der Waals surface area (Å²) in [6.07, 6.45) is 1.59. The van der Waals surface area contributed by atoms with Crippen LogP contribution < -0.4 is 5.73 Å². The smallest absolute Gasteiger partial charge is 0.180 e. The monoisotopic (exact) mass is 337 g/mol. The van der Waals surface area contributed by atoms with Gasteiger partial charge in [0, 0.05) is 16.7 Å². The van der Waals surface area contributed by atoms with Crippen molar-refractivity contribution in [2.45, 2.75) is 5.75 Å². The van der Waals surface area contributed by atoms with Crippen molar-refractivity contribution in [3.05, 3.63) is 83.7 Å². The van der Waals surface area contributed by atoms with E-state index in [0.717, 1.165) is 16.7 Å². The molecule has 3 aromatic carbocycles. The lowest BCUT2D eigenvalue weighted by molar-refractivity contribution is 0.640. The van der Waals surface area contributed by atoms with E-state index in [9.17, 15) is 4.39 Å². The van der Waals surface area contributed by atoms with Crippen LogP contribution in [0.25, 0.3) is 10.8 Å². The molecular formula is C19H16FN3S. The first kappa shape index (κ1) is 16.2. The molecule has 5 heteroatoms.